The third-order valence-electron chi connectivity index (χ3n) is 6.32. The number of carboxylic acid groups (broad SMARTS) is 1. The predicted molar refractivity (Wildman–Crippen MR) is 156 cm³/mol. The Morgan fingerprint density at radius 2 is 1.23 bits per heavy atom. The predicted octanol–water partition coefficient (Wildman–Crippen LogP) is 4.72. The first-order chi connectivity index (χ1) is 20.4. The summed E-state index contributed by atoms with van der Waals surface area (Å²) in [7, 11) is 0. The van der Waals surface area contributed by atoms with E-state index in [4.69, 9.17) is 4.74 Å². The molecule has 4 aromatic carbocycles. The van der Waals surface area contributed by atoms with Crippen LogP contribution >= 0.6 is 0 Å². The Bertz CT molecular complexity index is 1750. The fourth-order valence-corrected chi connectivity index (χ4v) is 4.16. The van der Waals surface area contributed by atoms with Crippen molar-refractivity contribution in [1.29, 1.82) is 0 Å². The Morgan fingerprint density at radius 1 is 0.651 bits per heavy atom. The third kappa shape index (κ3) is 7.35. The second-order valence-electron chi connectivity index (χ2n) is 9.41. The molecule has 0 saturated carbocycles. The van der Waals surface area contributed by atoms with Gasteiger partial charge in [-0.3, -0.25) is 0 Å². The van der Waals surface area contributed by atoms with Gasteiger partial charge in [0.05, 0.1) is 0 Å². The molecule has 0 aromatic heterocycles. The topological polar surface area (TPSA) is 205 Å². The summed E-state index contributed by atoms with van der Waals surface area (Å²) in [5.41, 5.74) is 2.20. The van der Waals surface area contributed by atoms with Crippen molar-refractivity contribution in [1.82, 2.24) is 0 Å². The summed E-state index contributed by atoms with van der Waals surface area (Å²) in [5.74, 6) is -5.11. The molecule has 1 atom stereocenters. The first-order valence-electron chi connectivity index (χ1n) is 12.6. The summed E-state index contributed by atoms with van der Waals surface area (Å²) in [6, 6.07) is 14.9. The molecular formula is C32H26O11. The van der Waals surface area contributed by atoms with E-state index in [-0.39, 0.29) is 23.5 Å². The van der Waals surface area contributed by atoms with Crippen LogP contribution in [-0.2, 0) is 20.7 Å². The molecule has 0 spiro atoms. The first-order valence-corrected chi connectivity index (χ1v) is 12.6. The van der Waals surface area contributed by atoms with Crippen molar-refractivity contribution in [2.24, 2.45) is 0 Å². The minimum atomic E-state index is -1.62. The lowest BCUT2D eigenvalue weighted by molar-refractivity contribution is -0.160. The molecule has 0 fully saturated rings. The Balaban J connectivity index is 1.61. The lowest BCUT2D eigenvalue weighted by atomic mass is 9.97. The smallest absolute Gasteiger partial charge is 0.345 e. The number of aromatic hydroxyl groups is 7. The lowest BCUT2D eigenvalue weighted by Gasteiger charge is -2.13. The SMILES string of the molecule is O=C(C=Cc1cc(O)c(O)cc1C=Cc1cc(O)c(O)cc1-c1cccc(O)c1)O[C@H](Cc1ccc(O)c(O)c1)C(=O)O. The van der Waals surface area contributed by atoms with Crippen molar-refractivity contribution < 1.29 is 55.2 Å². The van der Waals surface area contributed by atoms with Crippen LogP contribution in [0, 0.1) is 0 Å². The Kier molecular flexibility index (Phi) is 8.76. The van der Waals surface area contributed by atoms with Crippen LogP contribution < -0.4 is 0 Å². The zero-order valence-corrected chi connectivity index (χ0v) is 22.2. The van der Waals surface area contributed by atoms with Crippen molar-refractivity contribution in [3.8, 4) is 51.4 Å². The molecule has 0 amide bonds. The van der Waals surface area contributed by atoms with Gasteiger partial charge in [-0.25, -0.2) is 9.59 Å². The second-order valence-corrected chi connectivity index (χ2v) is 9.41. The number of phenols is 7. The van der Waals surface area contributed by atoms with Crippen LogP contribution in [0.4, 0.5) is 0 Å². The van der Waals surface area contributed by atoms with E-state index in [1.807, 2.05) is 0 Å². The van der Waals surface area contributed by atoms with Gasteiger partial charge in [0, 0.05) is 12.5 Å². The Hall–Kier alpha value is -6.10. The molecule has 0 aliphatic heterocycles. The quantitative estimate of drug-likeness (QED) is 0.0583. The van der Waals surface area contributed by atoms with Gasteiger partial charge in [-0.15, -0.1) is 0 Å². The van der Waals surface area contributed by atoms with Gasteiger partial charge in [0.15, 0.2) is 34.5 Å². The summed E-state index contributed by atoms with van der Waals surface area (Å²) in [5, 5.41) is 78.8. The molecule has 43 heavy (non-hydrogen) atoms. The highest BCUT2D eigenvalue weighted by Crippen LogP contribution is 2.37. The van der Waals surface area contributed by atoms with Crippen LogP contribution in [0.25, 0.3) is 29.4 Å². The van der Waals surface area contributed by atoms with Crippen LogP contribution in [-0.4, -0.2) is 58.9 Å². The second kappa shape index (κ2) is 12.6. The summed E-state index contributed by atoms with van der Waals surface area (Å²) in [4.78, 5) is 24.2. The van der Waals surface area contributed by atoms with Gasteiger partial charge in [0.1, 0.15) is 5.75 Å². The summed E-state index contributed by atoms with van der Waals surface area (Å²) in [6.45, 7) is 0. The monoisotopic (exact) mass is 586 g/mol. The summed E-state index contributed by atoms with van der Waals surface area (Å²) >= 11 is 0. The molecule has 8 N–H and O–H groups in total. The number of esters is 1. The standard InChI is InChI=1S/C32H26O11/c33-22-3-1-2-20(12-22)23-16-29(39)28(38)15-21(23)6-5-18-13-26(36)27(37)14-19(18)7-9-31(40)43-30(32(41)42)11-17-4-8-24(34)25(35)10-17/h1-10,12-16,30,33-39H,11H2,(H,41,42)/t30-/m1/s1. The summed E-state index contributed by atoms with van der Waals surface area (Å²) < 4.78 is 5.06. The van der Waals surface area contributed by atoms with Crippen LogP contribution in [0.1, 0.15) is 22.3 Å². The molecule has 0 saturated heterocycles. The minimum absolute atomic E-state index is 0.0193. The van der Waals surface area contributed by atoms with Gasteiger partial charge in [-0.2, -0.15) is 0 Å². The zero-order valence-electron chi connectivity index (χ0n) is 22.2. The Labute approximate surface area is 244 Å². The van der Waals surface area contributed by atoms with E-state index in [9.17, 15) is 50.4 Å². The summed E-state index contributed by atoms with van der Waals surface area (Å²) in [6.07, 6.45) is 3.28. The number of aliphatic carboxylic acids is 1. The van der Waals surface area contributed by atoms with E-state index in [1.54, 1.807) is 12.1 Å². The van der Waals surface area contributed by atoms with E-state index < -0.39 is 46.8 Å². The number of carbonyl (C=O) groups is 2. The highest BCUT2D eigenvalue weighted by atomic mass is 16.6. The van der Waals surface area contributed by atoms with Crippen LogP contribution in [0.3, 0.4) is 0 Å². The fourth-order valence-electron chi connectivity index (χ4n) is 4.16. The number of ether oxygens (including phenoxy) is 1. The van der Waals surface area contributed by atoms with Crippen molar-refractivity contribution in [3.05, 3.63) is 95.1 Å². The molecule has 220 valence electrons. The van der Waals surface area contributed by atoms with E-state index in [2.05, 4.69) is 0 Å². The fraction of sp³-hybridized carbons (Fsp3) is 0.0625. The number of benzene rings is 4. The van der Waals surface area contributed by atoms with Gasteiger partial charge in [0.2, 0.25) is 6.10 Å². The molecule has 0 aliphatic rings. The highest BCUT2D eigenvalue weighted by molar-refractivity contribution is 5.91. The maximum absolute atomic E-state index is 12.5. The number of hydrogen-bond acceptors (Lipinski definition) is 10. The molecule has 0 unspecified atom stereocenters. The van der Waals surface area contributed by atoms with Gasteiger partial charge >= 0.3 is 11.9 Å². The van der Waals surface area contributed by atoms with E-state index in [0.29, 0.717) is 27.8 Å². The molecule has 0 radical (unpaired) electrons. The van der Waals surface area contributed by atoms with Crippen LogP contribution in [0.5, 0.6) is 40.2 Å². The highest BCUT2D eigenvalue weighted by Gasteiger charge is 2.22. The largest absolute Gasteiger partial charge is 0.508 e. The number of phenolic OH excluding ortho intramolecular Hbond substituents is 7. The van der Waals surface area contributed by atoms with Gasteiger partial charge in [0.25, 0.3) is 0 Å². The number of carboxylic acids is 1. The average Bonchev–Trinajstić information content (AvgIpc) is 2.95. The molecular weight excluding hydrogens is 560 g/mol. The zero-order chi connectivity index (χ0) is 31.3. The molecule has 0 bridgehead atoms. The van der Waals surface area contributed by atoms with Crippen LogP contribution in [0.2, 0.25) is 0 Å². The van der Waals surface area contributed by atoms with Gasteiger partial charge < -0.3 is 45.6 Å². The minimum Gasteiger partial charge on any atom is -0.508 e. The molecule has 0 aliphatic carbocycles. The number of hydrogen-bond donors (Lipinski definition) is 8. The van der Waals surface area contributed by atoms with Crippen molar-refractivity contribution >= 4 is 30.2 Å². The molecule has 11 heteroatoms. The molecule has 0 heterocycles. The maximum Gasteiger partial charge on any atom is 0.345 e. The van der Waals surface area contributed by atoms with Crippen molar-refractivity contribution in [3.63, 3.8) is 0 Å². The average molecular weight is 587 g/mol. The van der Waals surface area contributed by atoms with Crippen molar-refractivity contribution in [2.75, 3.05) is 0 Å². The van der Waals surface area contributed by atoms with Gasteiger partial charge in [-0.1, -0.05) is 30.4 Å². The lowest BCUT2D eigenvalue weighted by Crippen LogP contribution is -2.28. The van der Waals surface area contributed by atoms with Gasteiger partial charge in [-0.05, 0) is 88.0 Å². The van der Waals surface area contributed by atoms with E-state index in [1.165, 1.54) is 60.7 Å². The maximum atomic E-state index is 12.5. The number of rotatable bonds is 9. The first kappa shape index (κ1) is 29.9. The normalized spacial score (nSPS) is 12.0. The molecule has 4 aromatic rings. The third-order valence-corrected chi connectivity index (χ3v) is 6.32. The molecule has 11 nitrogen and oxygen atoms in total. The van der Waals surface area contributed by atoms with E-state index in [0.717, 1.165) is 18.2 Å². The number of carbonyl (C=O) groups excluding carboxylic acids is 1. The van der Waals surface area contributed by atoms with Crippen LogP contribution in [0.15, 0.2) is 72.8 Å². The Morgan fingerprint density at radius 3 is 1.86 bits per heavy atom. The van der Waals surface area contributed by atoms with Crippen molar-refractivity contribution in [2.45, 2.75) is 12.5 Å². The molecule has 4 rings (SSSR count). The van der Waals surface area contributed by atoms with E-state index >= 15 is 0 Å².